The summed E-state index contributed by atoms with van der Waals surface area (Å²) in [5.74, 6) is -0.534. The second-order valence-corrected chi connectivity index (χ2v) is 3.45. The van der Waals surface area contributed by atoms with Crippen LogP contribution in [0.25, 0.3) is 16.5 Å². The molecule has 0 saturated heterocycles. The van der Waals surface area contributed by atoms with E-state index < -0.39 is 0 Å². The fourth-order valence-electron chi connectivity index (χ4n) is 1.31. The van der Waals surface area contributed by atoms with Crippen molar-refractivity contribution >= 4 is 23.3 Å². The average Bonchev–Trinajstić information content (AvgIpc) is 2.27. The number of carbonyl (C=O) groups is 2. The first-order valence-electron chi connectivity index (χ1n) is 4.93. The zero-order valence-electron chi connectivity index (χ0n) is 9.54. The van der Waals surface area contributed by atoms with E-state index in [2.05, 4.69) is 10.0 Å². The fourth-order valence-corrected chi connectivity index (χ4v) is 1.31. The molecule has 0 spiro atoms. The molecule has 86 valence electrons. The molecule has 0 aromatic heterocycles. The number of azide groups is 1. The quantitative estimate of drug-likeness (QED) is 0.198. The van der Waals surface area contributed by atoms with E-state index in [4.69, 9.17) is 5.53 Å². The molecule has 0 atom stereocenters. The number of carbonyl (C=O) groups excluding carboxylic acids is 2. The molecule has 0 saturated carbocycles. The van der Waals surface area contributed by atoms with Crippen molar-refractivity contribution in [2.45, 2.75) is 13.8 Å². The van der Waals surface area contributed by atoms with E-state index in [1.807, 2.05) is 0 Å². The van der Waals surface area contributed by atoms with Gasteiger partial charge in [0.15, 0.2) is 11.6 Å². The van der Waals surface area contributed by atoms with Crippen molar-refractivity contribution in [3.8, 4) is 0 Å². The topological polar surface area (TPSA) is 82.9 Å². The lowest BCUT2D eigenvalue weighted by atomic mass is 10.0. The van der Waals surface area contributed by atoms with Gasteiger partial charge in [0.1, 0.15) is 0 Å². The molecule has 0 aliphatic carbocycles. The van der Waals surface area contributed by atoms with Crippen LogP contribution in [0.5, 0.6) is 0 Å². The molecular weight excluding hydrogens is 218 g/mol. The van der Waals surface area contributed by atoms with Crippen LogP contribution >= 0.6 is 0 Å². The number of hydrogen-bond acceptors (Lipinski definition) is 3. The van der Waals surface area contributed by atoms with Gasteiger partial charge in [-0.25, -0.2) is 0 Å². The maximum absolute atomic E-state index is 11.2. The van der Waals surface area contributed by atoms with Crippen molar-refractivity contribution in [2.24, 2.45) is 5.11 Å². The summed E-state index contributed by atoms with van der Waals surface area (Å²) >= 11 is 0. The molecule has 0 aliphatic heterocycles. The van der Waals surface area contributed by atoms with E-state index in [1.165, 1.54) is 19.9 Å². The summed E-state index contributed by atoms with van der Waals surface area (Å²) in [6, 6.07) is 6.58. The molecular formula is C12H11N3O2. The van der Waals surface area contributed by atoms with Crippen molar-refractivity contribution in [3.63, 3.8) is 0 Å². The van der Waals surface area contributed by atoms with Gasteiger partial charge in [0, 0.05) is 10.6 Å². The van der Waals surface area contributed by atoms with Crippen LogP contribution in [-0.2, 0) is 9.59 Å². The second-order valence-electron chi connectivity index (χ2n) is 3.45. The molecule has 0 bridgehead atoms. The zero-order valence-corrected chi connectivity index (χ0v) is 9.54. The second kappa shape index (κ2) is 5.63. The number of rotatable bonds is 4. The van der Waals surface area contributed by atoms with Crippen LogP contribution < -0.4 is 0 Å². The van der Waals surface area contributed by atoms with Crippen molar-refractivity contribution in [1.82, 2.24) is 0 Å². The Labute approximate surface area is 98.4 Å². The molecule has 0 N–H and O–H groups in total. The Bertz CT molecular complexity index is 507. The van der Waals surface area contributed by atoms with Gasteiger partial charge in [-0.1, -0.05) is 29.4 Å². The predicted octanol–water partition coefficient (Wildman–Crippen LogP) is 3.19. The van der Waals surface area contributed by atoms with Crippen molar-refractivity contribution in [2.75, 3.05) is 0 Å². The summed E-state index contributed by atoms with van der Waals surface area (Å²) in [5.41, 5.74) is 9.58. The van der Waals surface area contributed by atoms with Gasteiger partial charge in [-0.05, 0) is 31.0 Å². The summed E-state index contributed by atoms with van der Waals surface area (Å²) in [6.07, 6.45) is 1.52. The lowest BCUT2D eigenvalue weighted by Crippen LogP contribution is -2.05. The first-order chi connectivity index (χ1) is 8.04. The molecule has 0 aliphatic rings. The van der Waals surface area contributed by atoms with Crippen molar-refractivity contribution < 1.29 is 9.59 Å². The molecule has 1 aromatic carbocycles. The van der Waals surface area contributed by atoms with Gasteiger partial charge in [0.05, 0.1) is 5.57 Å². The zero-order chi connectivity index (χ0) is 12.8. The van der Waals surface area contributed by atoms with E-state index in [0.29, 0.717) is 11.3 Å². The summed E-state index contributed by atoms with van der Waals surface area (Å²) in [5, 5.41) is 3.42. The van der Waals surface area contributed by atoms with Crippen LogP contribution in [0.4, 0.5) is 5.69 Å². The summed E-state index contributed by atoms with van der Waals surface area (Å²) in [7, 11) is 0. The molecule has 0 unspecified atom stereocenters. The summed E-state index contributed by atoms with van der Waals surface area (Å²) < 4.78 is 0. The Hall–Kier alpha value is -2.39. The minimum absolute atomic E-state index is 0.154. The Balaban J connectivity index is 3.08. The number of benzene rings is 1. The molecule has 17 heavy (non-hydrogen) atoms. The van der Waals surface area contributed by atoms with Gasteiger partial charge in [-0.2, -0.15) is 0 Å². The van der Waals surface area contributed by atoms with Gasteiger partial charge >= 0.3 is 0 Å². The molecule has 0 amide bonds. The highest BCUT2D eigenvalue weighted by molar-refractivity contribution is 6.21. The molecule has 0 radical (unpaired) electrons. The molecule has 5 nitrogen and oxygen atoms in total. The highest BCUT2D eigenvalue weighted by atomic mass is 16.1. The Morgan fingerprint density at radius 3 is 2.12 bits per heavy atom. The molecule has 1 aromatic rings. The Morgan fingerprint density at radius 1 is 1.18 bits per heavy atom. The predicted molar refractivity (Wildman–Crippen MR) is 64.6 cm³/mol. The van der Waals surface area contributed by atoms with Crippen molar-refractivity contribution in [1.29, 1.82) is 0 Å². The molecule has 1 rings (SSSR count). The number of nitrogens with zero attached hydrogens (tertiary/aromatic N) is 3. The Kier molecular flexibility index (Phi) is 4.20. The minimum atomic E-state index is -0.267. The van der Waals surface area contributed by atoms with E-state index in [9.17, 15) is 9.59 Å². The van der Waals surface area contributed by atoms with Crippen LogP contribution in [0.3, 0.4) is 0 Å². The van der Waals surface area contributed by atoms with Crippen LogP contribution in [-0.4, -0.2) is 11.6 Å². The first kappa shape index (κ1) is 12.7. The van der Waals surface area contributed by atoms with Crippen LogP contribution in [0.1, 0.15) is 19.4 Å². The smallest absolute Gasteiger partial charge is 0.163 e. The van der Waals surface area contributed by atoms with Gasteiger partial charge in [-0.3, -0.25) is 9.59 Å². The van der Waals surface area contributed by atoms with Gasteiger partial charge in [-0.15, -0.1) is 0 Å². The molecule has 0 fully saturated rings. The third kappa shape index (κ3) is 3.59. The van der Waals surface area contributed by atoms with Crippen molar-refractivity contribution in [3.05, 3.63) is 45.8 Å². The van der Waals surface area contributed by atoms with E-state index in [-0.39, 0.29) is 17.1 Å². The third-order valence-electron chi connectivity index (χ3n) is 2.12. The highest BCUT2D eigenvalue weighted by Crippen LogP contribution is 2.15. The standard InChI is InChI=1S/C12H11N3O2/c1-8(16)12(9(2)17)7-10-3-5-11(6-4-10)14-15-13/h3-7H,1-2H3. The van der Waals surface area contributed by atoms with Gasteiger partial charge < -0.3 is 0 Å². The molecule has 0 heterocycles. The fraction of sp³-hybridized carbons (Fsp3) is 0.167. The van der Waals surface area contributed by atoms with Gasteiger partial charge in [0.25, 0.3) is 0 Å². The van der Waals surface area contributed by atoms with Crippen LogP contribution in [0, 0.1) is 0 Å². The molecule has 5 heteroatoms. The average molecular weight is 229 g/mol. The highest BCUT2D eigenvalue weighted by Gasteiger charge is 2.08. The maximum atomic E-state index is 11.2. The monoisotopic (exact) mass is 229 g/mol. The van der Waals surface area contributed by atoms with Crippen LogP contribution in [0.2, 0.25) is 0 Å². The third-order valence-corrected chi connectivity index (χ3v) is 2.12. The number of hydrogen-bond donors (Lipinski definition) is 0. The summed E-state index contributed by atoms with van der Waals surface area (Å²) in [4.78, 5) is 25.1. The number of allylic oxidation sites excluding steroid dienone is 1. The minimum Gasteiger partial charge on any atom is -0.294 e. The maximum Gasteiger partial charge on any atom is 0.163 e. The van der Waals surface area contributed by atoms with E-state index in [0.717, 1.165) is 0 Å². The Morgan fingerprint density at radius 2 is 1.71 bits per heavy atom. The largest absolute Gasteiger partial charge is 0.294 e. The van der Waals surface area contributed by atoms with E-state index in [1.54, 1.807) is 24.3 Å². The summed E-state index contributed by atoms with van der Waals surface area (Å²) in [6.45, 7) is 2.70. The first-order valence-corrected chi connectivity index (χ1v) is 4.93. The SMILES string of the molecule is CC(=O)C(=Cc1ccc(N=[N+]=[N-])cc1)C(C)=O. The van der Waals surface area contributed by atoms with Gasteiger partial charge in [0.2, 0.25) is 0 Å². The number of Topliss-reactive ketones (excluding diaryl/α,β-unsaturated/α-hetero) is 2. The normalized spacial score (nSPS) is 9.06. The lowest BCUT2D eigenvalue weighted by molar-refractivity contribution is -0.119. The lowest BCUT2D eigenvalue weighted by Gasteiger charge is -1.99. The number of ketones is 2. The van der Waals surface area contributed by atoms with Crippen LogP contribution in [0.15, 0.2) is 35.0 Å². The van der Waals surface area contributed by atoms with E-state index >= 15 is 0 Å².